The van der Waals surface area contributed by atoms with Crippen LogP contribution in [0.1, 0.15) is 18.0 Å². The molecule has 2 N–H and O–H groups in total. The van der Waals surface area contributed by atoms with Crippen molar-refractivity contribution in [1.29, 1.82) is 0 Å². The number of likely N-dealkylation sites (N-methyl/N-ethyl adjacent to an activating group) is 1. The Morgan fingerprint density at radius 1 is 1.31 bits per heavy atom. The van der Waals surface area contributed by atoms with Crippen LogP contribution in [0.2, 0.25) is 0 Å². The quantitative estimate of drug-likeness (QED) is 0.713. The second-order valence-electron chi connectivity index (χ2n) is 3.99. The molecule has 0 saturated heterocycles. The van der Waals surface area contributed by atoms with Crippen LogP contribution >= 0.6 is 0 Å². The van der Waals surface area contributed by atoms with Gasteiger partial charge in [-0.2, -0.15) is 0 Å². The summed E-state index contributed by atoms with van der Waals surface area (Å²) in [5, 5.41) is 0. The zero-order valence-electron chi connectivity index (χ0n) is 10.2. The lowest BCUT2D eigenvalue weighted by molar-refractivity contribution is 0.166. The first-order valence-corrected chi connectivity index (χ1v) is 5.73. The van der Waals surface area contributed by atoms with Gasteiger partial charge in [0.2, 0.25) is 0 Å². The van der Waals surface area contributed by atoms with E-state index in [1.54, 1.807) is 7.11 Å². The molecule has 90 valence electrons. The zero-order valence-corrected chi connectivity index (χ0v) is 10.2. The van der Waals surface area contributed by atoms with E-state index >= 15 is 0 Å². The Balaban J connectivity index is 2.53. The van der Waals surface area contributed by atoms with Crippen molar-refractivity contribution in [2.24, 2.45) is 5.73 Å². The number of rotatable bonds is 7. The summed E-state index contributed by atoms with van der Waals surface area (Å²) in [4.78, 5) is 2.29. The van der Waals surface area contributed by atoms with Crippen LogP contribution in [0, 0.1) is 0 Å². The molecule has 0 aromatic heterocycles. The highest BCUT2D eigenvalue weighted by atomic mass is 16.5. The smallest absolute Gasteiger partial charge is 0.0474 e. The van der Waals surface area contributed by atoms with Crippen molar-refractivity contribution in [2.45, 2.75) is 12.5 Å². The summed E-state index contributed by atoms with van der Waals surface area (Å²) in [6.07, 6.45) is 1.04. The van der Waals surface area contributed by atoms with Gasteiger partial charge in [0.25, 0.3) is 0 Å². The van der Waals surface area contributed by atoms with E-state index in [0.717, 1.165) is 19.6 Å². The van der Waals surface area contributed by atoms with Gasteiger partial charge in [-0.25, -0.2) is 0 Å². The van der Waals surface area contributed by atoms with Gasteiger partial charge in [0.1, 0.15) is 0 Å². The van der Waals surface area contributed by atoms with Gasteiger partial charge in [0.05, 0.1) is 0 Å². The lowest BCUT2D eigenvalue weighted by atomic mass is 10.1. The average molecular weight is 222 g/mol. The van der Waals surface area contributed by atoms with Crippen molar-refractivity contribution >= 4 is 0 Å². The first-order chi connectivity index (χ1) is 7.79. The number of ether oxygens (including phenoxy) is 1. The highest BCUT2D eigenvalue weighted by molar-refractivity contribution is 5.19. The van der Waals surface area contributed by atoms with Crippen LogP contribution in [0.5, 0.6) is 0 Å². The number of methoxy groups -OCH3 is 1. The first kappa shape index (κ1) is 13.2. The van der Waals surface area contributed by atoms with Gasteiger partial charge in [-0.05, 0) is 19.0 Å². The van der Waals surface area contributed by atoms with Crippen LogP contribution < -0.4 is 5.73 Å². The summed E-state index contributed by atoms with van der Waals surface area (Å²) in [5.74, 6) is 0. The van der Waals surface area contributed by atoms with Gasteiger partial charge in [0.15, 0.2) is 0 Å². The molecule has 3 nitrogen and oxygen atoms in total. The molecule has 1 aromatic rings. The molecule has 16 heavy (non-hydrogen) atoms. The van der Waals surface area contributed by atoms with Gasteiger partial charge < -0.3 is 10.5 Å². The fourth-order valence-corrected chi connectivity index (χ4v) is 1.86. The molecule has 0 amide bonds. The van der Waals surface area contributed by atoms with Gasteiger partial charge in [-0.3, -0.25) is 4.90 Å². The van der Waals surface area contributed by atoms with E-state index < -0.39 is 0 Å². The molecule has 0 radical (unpaired) electrons. The molecular weight excluding hydrogens is 200 g/mol. The Hall–Kier alpha value is -0.900. The molecule has 0 heterocycles. The van der Waals surface area contributed by atoms with Crippen molar-refractivity contribution in [3.05, 3.63) is 35.9 Å². The van der Waals surface area contributed by atoms with Crippen LogP contribution in [0.25, 0.3) is 0 Å². The third-order valence-electron chi connectivity index (χ3n) is 2.80. The van der Waals surface area contributed by atoms with Crippen LogP contribution in [0.3, 0.4) is 0 Å². The van der Waals surface area contributed by atoms with E-state index in [4.69, 9.17) is 10.5 Å². The summed E-state index contributed by atoms with van der Waals surface area (Å²) >= 11 is 0. The molecule has 1 unspecified atom stereocenters. The van der Waals surface area contributed by atoms with Gasteiger partial charge in [0, 0.05) is 32.8 Å². The average Bonchev–Trinajstić information content (AvgIpc) is 2.32. The lowest BCUT2D eigenvalue weighted by Crippen LogP contribution is -2.31. The molecule has 0 aliphatic rings. The molecule has 0 spiro atoms. The maximum Gasteiger partial charge on any atom is 0.0474 e. The Bertz CT molecular complexity index is 277. The Labute approximate surface area is 98.2 Å². The van der Waals surface area contributed by atoms with Crippen LogP contribution in [0.15, 0.2) is 30.3 Å². The van der Waals surface area contributed by atoms with Crippen molar-refractivity contribution in [2.75, 3.05) is 33.9 Å². The molecule has 0 saturated carbocycles. The van der Waals surface area contributed by atoms with Gasteiger partial charge in [-0.15, -0.1) is 0 Å². The first-order valence-electron chi connectivity index (χ1n) is 5.73. The normalized spacial score (nSPS) is 13.0. The summed E-state index contributed by atoms with van der Waals surface area (Å²) in [6.45, 7) is 2.45. The maximum absolute atomic E-state index is 5.84. The minimum atomic E-state index is 0.304. The number of nitrogens with two attached hydrogens (primary N) is 1. The van der Waals surface area contributed by atoms with Crippen molar-refractivity contribution in [3.8, 4) is 0 Å². The molecule has 0 bridgehead atoms. The summed E-state index contributed by atoms with van der Waals surface area (Å²) in [6, 6.07) is 10.7. The maximum atomic E-state index is 5.84. The third-order valence-corrected chi connectivity index (χ3v) is 2.80. The Kier molecular flexibility index (Phi) is 6.08. The van der Waals surface area contributed by atoms with Crippen molar-refractivity contribution < 1.29 is 4.74 Å². The number of hydrogen-bond acceptors (Lipinski definition) is 3. The molecule has 0 aliphatic carbocycles. The van der Waals surface area contributed by atoms with E-state index in [0.29, 0.717) is 12.6 Å². The third kappa shape index (κ3) is 3.93. The fourth-order valence-electron chi connectivity index (χ4n) is 1.86. The fraction of sp³-hybridized carbons (Fsp3) is 0.538. The SMILES string of the molecule is COCCCN(C)C(CN)c1ccccc1. The second kappa shape index (κ2) is 7.39. The molecule has 0 aliphatic heterocycles. The highest BCUT2D eigenvalue weighted by Gasteiger charge is 2.14. The summed E-state index contributed by atoms with van der Waals surface area (Å²) in [5.41, 5.74) is 7.12. The van der Waals surface area contributed by atoms with E-state index in [-0.39, 0.29) is 0 Å². The topological polar surface area (TPSA) is 38.5 Å². The van der Waals surface area contributed by atoms with E-state index in [9.17, 15) is 0 Å². The Morgan fingerprint density at radius 3 is 2.56 bits per heavy atom. The Morgan fingerprint density at radius 2 is 2.00 bits per heavy atom. The summed E-state index contributed by atoms with van der Waals surface area (Å²) in [7, 11) is 3.85. The largest absolute Gasteiger partial charge is 0.385 e. The van der Waals surface area contributed by atoms with E-state index in [1.165, 1.54) is 5.56 Å². The minimum Gasteiger partial charge on any atom is -0.385 e. The predicted octanol–water partition coefficient (Wildman–Crippen LogP) is 1.65. The molecule has 3 heteroatoms. The monoisotopic (exact) mass is 222 g/mol. The number of nitrogens with zero attached hydrogens (tertiary/aromatic N) is 1. The summed E-state index contributed by atoms with van der Waals surface area (Å²) < 4.78 is 5.05. The molecule has 1 atom stereocenters. The van der Waals surface area contributed by atoms with Gasteiger partial charge in [-0.1, -0.05) is 30.3 Å². The van der Waals surface area contributed by atoms with Gasteiger partial charge >= 0.3 is 0 Å². The van der Waals surface area contributed by atoms with Crippen LogP contribution in [0.4, 0.5) is 0 Å². The standard InChI is InChI=1S/C13H22N2O/c1-15(9-6-10-16-2)13(11-14)12-7-4-3-5-8-12/h3-5,7-8,13H,6,9-11,14H2,1-2H3. The molecule has 1 rings (SSSR count). The molecule has 1 aromatic carbocycles. The minimum absolute atomic E-state index is 0.304. The van der Waals surface area contributed by atoms with Crippen LogP contribution in [-0.2, 0) is 4.74 Å². The van der Waals surface area contributed by atoms with Crippen molar-refractivity contribution in [3.63, 3.8) is 0 Å². The number of hydrogen-bond donors (Lipinski definition) is 1. The van der Waals surface area contributed by atoms with Crippen LogP contribution in [-0.4, -0.2) is 38.8 Å². The van der Waals surface area contributed by atoms with Crippen molar-refractivity contribution in [1.82, 2.24) is 4.90 Å². The van der Waals surface area contributed by atoms with E-state index in [2.05, 4.69) is 36.2 Å². The molecule has 0 fully saturated rings. The lowest BCUT2D eigenvalue weighted by Gasteiger charge is -2.27. The highest BCUT2D eigenvalue weighted by Crippen LogP contribution is 2.17. The second-order valence-corrected chi connectivity index (χ2v) is 3.99. The zero-order chi connectivity index (χ0) is 11.8. The molecular formula is C13H22N2O. The van der Waals surface area contributed by atoms with E-state index in [1.807, 2.05) is 6.07 Å². The number of benzene rings is 1. The predicted molar refractivity (Wildman–Crippen MR) is 67.4 cm³/mol.